The maximum Gasteiger partial charge on any atom is 0.344 e. The van der Waals surface area contributed by atoms with Gasteiger partial charge in [0.25, 0.3) is 5.56 Å². The Morgan fingerprint density at radius 3 is 2.78 bits per heavy atom. The molecule has 0 aliphatic carbocycles. The Morgan fingerprint density at radius 1 is 1.44 bits per heavy atom. The van der Waals surface area contributed by atoms with Crippen molar-refractivity contribution in [3.05, 3.63) is 71.7 Å². The number of hydrogen-bond donors (Lipinski definition) is 1. The number of ether oxygens (including phenoxy) is 1. The second kappa shape index (κ2) is 9.45. The summed E-state index contributed by atoms with van der Waals surface area (Å²) in [6.07, 6.45) is 0.300. The first-order chi connectivity index (χ1) is 15.1. The second-order valence-electron chi connectivity index (χ2n) is 6.61. The third-order valence-electron chi connectivity index (χ3n) is 4.40. The van der Waals surface area contributed by atoms with E-state index in [0.717, 1.165) is 10.7 Å². The Balaban J connectivity index is 2.09. The molecule has 10 nitrogen and oxygen atoms in total. The maximum atomic E-state index is 12.9. The smallest absolute Gasteiger partial charge is 0.344 e. The van der Waals surface area contributed by atoms with Gasteiger partial charge in [-0.05, 0) is 31.2 Å². The number of aryl methyl sites for hydroxylation is 1. The molecule has 1 heterocycles. The Bertz CT molecular complexity index is 1320. The molecule has 1 aromatic heterocycles. The van der Waals surface area contributed by atoms with Crippen LogP contribution in [0.3, 0.4) is 0 Å². The van der Waals surface area contributed by atoms with Crippen molar-refractivity contribution in [2.24, 2.45) is 5.10 Å². The zero-order valence-electron chi connectivity index (χ0n) is 16.8. The Kier molecular flexibility index (Phi) is 6.90. The van der Waals surface area contributed by atoms with Gasteiger partial charge < -0.3 is 9.84 Å². The molecule has 0 aliphatic rings. The van der Waals surface area contributed by atoms with Gasteiger partial charge in [-0.15, -0.1) is 0 Å². The molecule has 0 saturated carbocycles. The molecule has 1 atom stereocenters. The fourth-order valence-corrected chi connectivity index (χ4v) is 3.45. The summed E-state index contributed by atoms with van der Waals surface area (Å²) in [5.41, 5.74) is -0.203. The molecule has 0 amide bonds. The average Bonchev–Trinajstić information content (AvgIpc) is 2.74. The predicted octanol–water partition coefficient (Wildman–Crippen LogP) is 4.02. The summed E-state index contributed by atoms with van der Waals surface area (Å²) in [7, 11) is 0. The van der Waals surface area contributed by atoms with Crippen LogP contribution in [-0.4, -0.2) is 38.0 Å². The zero-order valence-corrected chi connectivity index (χ0v) is 19.1. The molecule has 166 valence electrons. The molecular weight excluding hydrogens is 508 g/mol. The molecular formula is C20H16BrClN4O6. The van der Waals surface area contributed by atoms with E-state index in [2.05, 4.69) is 26.0 Å². The predicted molar refractivity (Wildman–Crippen MR) is 122 cm³/mol. The monoisotopic (exact) mass is 522 g/mol. The zero-order chi connectivity index (χ0) is 23.6. The van der Waals surface area contributed by atoms with Crippen molar-refractivity contribution in [2.75, 3.05) is 0 Å². The van der Waals surface area contributed by atoms with E-state index in [-0.39, 0.29) is 16.3 Å². The maximum absolute atomic E-state index is 12.9. The number of nitro groups is 1. The van der Waals surface area contributed by atoms with Crippen molar-refractivity contribution < 1.29 is 19.6 Å². The number of benzene rings is 2. The molecule has 0 bridgehead atoms. The van der Waals surface area contributed by atoms with E-state index < -0.39 is 28.2 Å². The lowest BCUT2D eigenvalue weighted by Crippen LogP contribution is -2.23. The summed E-state index contributed by atoms with van der Waals surface area (Å²) in [5.74, 6) is -1.27. The summed E-state index contributed by atoms with van der Waals surface area (Å²) < 4.78 is 6.97. The van der Waals surface area contributed by atoms with Crippen LogP contribution in [0.1, 0.15) is 25.2 Å². The number of hydrogen-bond acceptors (Lipinski definition) is 7. The Morgan fingerprint density at radius 2 is 2.16 bits per heavy atom. The van der Waals surface area contributed by atoms with Crippen LogP contribution in [0, 0.1) is 10.1 Å². The first kappa shape index (κ1) is 23.4. The van der Waals surface area contributed by atoms with Gasteiger partial charge in [-0.1, -0.05) is 34.5 Å². The molecule has 0 unspecified atom stereocenters. The highest BCUT2D eigenvalue weighted by atomic mass is 79.9. The minimum Gasteiger partial charge on any atom is -0.479 e. The number of nitro benzene ring substituents is 1. The quantitative estimate of drug-likeness (QED) is 0.280. The van der Waals surface area contributed by atoms with Gasteiger partial charge in [0.1, 0.15) is 5.82 Å². The fraction of sp³-hybridized carbons (Fsp3) is 0.200. The lowest BCUT2D eigenvalue weighted by molar-refractivity contribution is -0.386. The van der Waals surface area contributed by atoms with E-state index >= 15 is 0 Å². The SMILES string of the molecule is CCc1nc2ccc(Br)cc2c(=O)n1N=Cc1cc(Cl)c(O[C@@H](C)C(=O)O)c([N+](=O)[O-])c1. The first-order valence-electron chi connectivity index (χ1n) is 9.25. The summed E-state index contributed by atoms with van der Waals surface area (Å²) in [6.45, 7) is 3.04. The number of halogens is 2. The average molecular weight is 524 g/mol. The van der Waals surface area contributed by atoms with Crippen LogP contribution in [0.25, 0.3) is 10.9 Å². The van der Waals surface area contributed by atoms with Gasteiger partial charge in [0.2, 0.25) is 5.75 Å². The molecule has 1 N–H and O–H groups in total. The highest BCUT2D eigenvalue weighted by molar-refractivity contribution is 9.10. The number of rotatable bonds is 7. The molecule has 2 aromatic carbocycles. The number of aromatic nitrogens is 2. The number of nitrogens with zero attached hydrogens (tertiary/aromatic N) is 4. The first-order valence-corrected chi connectivity index (χ1v) is 10.4. The van der Waals surface area contributed by atoms with E-state index in [1.165, 1.54) is 19.2 Å². The Labute approximate surface area is 194 Å². The highest BCUT2D eigenvalue weighted by Crippen LogP contribution is 2.36. The van der Waals surface area contributed by atoms with Crippen molar-refractivity contribution in [3.63, 3.8) is 0 Å². The van der Waals surface area contributed by atoms with Crippen LogP contribution in [0.5, 0.6) is 5.75 Å². The van der Waals surface area contributed by atoms with Crippen molar-refractivity contribution >= 4 is 56.3 Å². The van der Waals surface area contributed by atoms with Gasteiger partial charge in [0, 0.05) is 22.5 Å². The third kappa shape index (κ3) is 4.78. The van der Waals surface area contributed by atoms with Crippen LogP contribution < -0.4 is 10.3 Å². The fourth-order valence-electron chi connectivity index (χ4n) is 2.82. The molecule has 0 fully saturated rings. The third-order valence-corrected chi connectivity index (χ3v) is 5.17. The largest absolute Gasteiger partial charge is 0.479 e. The highest BCUT2D eigenvalue weighted by Gasteiger charge is 2.24. The molecule has 3 aromatic rings. The van der Waals surface area contributed by atoms with Crippen LogP contribution in [-0.2, 0) is 11.2 Å². The number of carbonyl (C=O) groups is 1. The minimum absolute atomic E-state index is 0.169. The van der Waals surface area contributed by atoms with E-state index in [0.29, 0.717) is 27.6 Å². The van der Waals surface area contributed by atoms with Crippen molar-refractivity contribution in [1.29, 1.82) is 0 Å². The summed E-state index contributed by atoms with van der Waals surface area (Å²) >= 11 is 9.45. The van der Waals surface area contributed by atoms with Gasteiger partial charge in [0.15, 0.2) is 6.10 Å². The minimum atomic E-state index is -1.35. The molecule has 0 spiro atoms. The van der Waals surface area contributed by atoms with Crippen LogP contribution in [0.4, 0.5) is 5.69 Å². The summed E-state index contributed by atoms with van der Waals surface area (Å²) in [6, 6.07) is 7.57. The molecule has 0 saturated heterocycles. The van der Waals surface area contributed by atoms with E-state index in [4.69, 9.17) is 21.4 Å². The topological polar surface area (TPSA) is 137 Å². The number of carboxylic acid groups (broad SMARTS) is 1. The van der Waals surface area contributed by atoms with E-state index in [9.17, 15) is 19.7 Å². The van der Waals surface area contributed by atoms with Gasteiger partial charge >= 0.3 is 11.7 Å². The molecule has 12 heteroatoms. The van der Waals surface area contributed by atoms with Gasteiger partial charge in [-0.25, -0.2) is 9.78 Å². The van der Waals surface area contributed by atoms with Crippen LogP contribution in [0.2, 0.25) is 5.02 Å². The molecule has 0 radical (unpaired) electrons. The van der Waals surface area contributed by atoms with E-state index in [1.54, 1.807) is 18.2 Å². The standard InChI is InChI=1S/C20H16BrClN4O6/c1-3-17-24-15-5-4-12(21)8-13(15)19(27)25(17)23-9-11-6-14(22)18(16(7-11)26(30)31)32-10(2)20(28)29/h4-10H,3H2,1-2H3,(H,28,29)/t10-/m0/s1. The van der Waals surface area contributed by atoms with Gasteiger partial charge in [-0.3, -0.25) is 14.9 Å². The molecule has 32 heavy (non-hydrogen) atoms. The number of carboxylic acids is 1. The summed E-state index contributed by atoms with van der Waals surface area (Å²) in [4.78, 5) is 39.2. The van der Waals surface area contributed by atoms with Gasteiger partial charge in [-0.2, -0.15) is 9.78 Å². The van der Waals surface area contributed by atoms with E-state index in [1.807, 2.05) is 6.92 Å². The lowest BCUT2D eigenvalue weighted by Gasteiger charge is -2.12. The van der Waals surface area contributed by atoms with Crippen LogP contribution >= 0.6 is 27.5 Å². The Hall–Kier alpha value is -3.31. The van der Waals surface area contributed by atoms with Gasteiger partial charge in [0.05, 0.1) is 27.1 Å². The lowest BCUT2D eigenvalue weighted by atomic mass is 10.2. The molecule has 0 aliphatic heterocycles. The van der Waals surface area contributed by atoms with Crippen molar-refractivity contribution in [1.82, 2.24) is 9.66 Å². The second-order valence-corrected chi connectivity index (χ2v) is 7.93. The van der Waals surface area contributed by atoms with Crippen molar-refractivity contribution in [2.45, 2.75) is 26.4 Å². The summed E-state index contributed by atoms with van der Waals surface area (Å²) in [5, 5.41) is 24.8. The number of fused-ring (bicyclic) bond motifs is 1. The van der Waals surface area contributed by atoms with Crippen LogP contribution in [0.15, 0.2) is 44.7 Å². The number of aliphatic carboxylic acids is 1. The van der Waals surface area contributed by atoms with Crippen molar-refractivity contribution in [3.8, 4) is 5.75 Å². The normalized spacial score (nSPS) is 12.2. The molecule has 3 rings (SSSR count).